The summed E-state index contributed by atoms with van der Waals surface area (Å²) >= 11 is 0. The molecular weight excluding hydrogens is 336 g/mol. The Labute approximate surface area is 160 Å². The van der Waals surface area contributed by atoms with Gasteiger partial charge in [-0.25, -0.2) is 0 Å². The number of aryl methyl sites for hydroxylation is 4. The van der Waals surface area contributed by atoms with Crippen molar-refractivity contribution in [2.24, 2.45) is 0 Å². The molecule has 1 fully saturated rings. The van der Waals surface area contributed by atoms with Crippen LogP contribution in [0.3, 0.4) is 0 Å². The zero-order valence-corrected chi connectivity index (χ0v) is 16.4. The van der Waals surface area contributed by atoms with E-state index in [-0.39, 0.29) is 0 Å². The molecule has 0 N–H and O–H groups in total. The lowest BCUT2D eigenvalue weighted by Gasteiger charge is -2.27. The quantitative estimate of drug-likeness (QED) is 0.818. The van der Waals surface area contributed by atoms with Gasteiger partial charge in [0.25, 0.3) is 0 Å². The number of aromatic nitrogens is 2. The molecule has 6 nitrogen and oxygen atoms in total. The van der Waals surface area contributed by atoms with Crippen LogP contribution in [0.2, 0.25) is 0 Å². The Balaban J connectivity index is 1.90. The van der Waals surface area contributed by atoms with Crippen LogP contribution >= 0.6 is 0 Å². The van der Waals surface area contributed by atoms with E-state index in [4.69, 9.17) is 0 Å². The van der Waals surface area contributed by atoms with Gasteiger partial charge in [-0.1, -0.05) is 0 Å². The van der Waals surface area contributed by atoms with Gasteiger partial charge in [0, 0.05) is 37.6 Å². The third-order valence-corrected chi connectivity index (χ3v) is 5.02. The fraction of sp³-hybridized carbons (Fsp3) is 0.429. The fourth-order valence-electron chi connectivity index (χ4n) is 3.79. The van der Waals surface area contributed by atoms with Crippen LogP contribution in [-0.2, 0) is 0 Å². The van der Waals surface area contributed by atoms with E-state index in [0.717, 1.165) is 66.8 Å². The minimum absolute atomic E-state index is 0.655. The molecule has 3 heterocycles. The molecule has 0 unspecified atom stereocenters. The van der Waals surface area contributed by atoms with Crippen LogP contribution in [0, 0.1) is 50.4 Å². The zero-order valence-electron chi connectivity index (χ0n) is 16.4. The second-order valence-electron chi connectivity index (χ2n) is 7.04. The van der Waals surface area contributed by atoms with E-state index in [2.05, 4.69) is 31.9 Å². The first-order chi connectivity index (χ1) is 12.9. The summed E-state index contributed by atoms with van der Waals surface area (Å²) in [5.74, 6) is 0. The van der Waals surface area contributed by atoms with Gasteiger partial charge in [0.15, 0.2) is 0 Å². The molecule has 2 aromatic rings. The molecule has 6 heteroatoms. The lowest BCUT2D eigenvalue weighted by atomic mass is 10.1. The van der Waals surface area contributed by atoms with Gasteiger partial charge in [0.2, 0.25) is 0 Å². The normalized spacial score (nSPS) is 14.4. The van der Waals surface area contributed by atoms with E-state index in [0.29, 0.717) is 11.1 Å². The summed E-state index contributed by atoms with van der Waals surface area (Å²) < 4.78 is 0. The summed E-state index contributed by atoms with van der Waals surface area (Å²) in [6.45, 7) is 11.0. The number of nitriles is 2. The van der Waals surface area contributed by atoms with Crippen molar-refractivity contribution in [3.63, 3.8) is 0 Å². The highest BCUT2D eigenvalue weighted by Crippen LogP contribution is 2.28. The van der Waals surface area contributed by atoms with E-state index in [1.54, 1.807) is 0 Å². The van der Waals surface area contributed by atoms with Crippen LogP contribution in [0.15, 0.2) is 12.1 Å². The average Bonchev–Trinajstić information content (AvgIpc) is 2.86. The van der Waals surface area contributed by atoms with Gasteiger partial charge in [-0.05, 0) is 46.2 Å². The van der Waals surface area contributed by atoms with Gasteiger partial charge in [0.05, 0.1) is 33.9 Å². The molecule has 1 saturated heterocycles. The molecule has 0 saturated carbocycles. The Hall–Kier alpha value is -3.12. The minimum atomic E-state index is 0.655. The Morgan fingerprint density at radius 2 is 1.15 bits per heavy atom. The molecule has 0 amide bonds. The van der Waals surface area contributed by atoms with E-state index in [9.17, 15) is 10.5 Å². The molecular formula is C21H24N6. The number of hydrogen-bond acceptors (Lipinski definition) is 6. The number of rotatable bonds is 2. The monoisotopic (exact) mass is 360 g/mol. The lowest BCUT2D eigenvalue weighted by molar-refractivity contribution is 0.802. The summed E-state index contributed by atoms with van der Waals surface area (Å²) in [7, 11) is 0. The third kappa shape index (κ3) is 3.71. The molecule has 0 bridgehead atoms. The smallest absolute Gasteiger partial charge is 0.103 e. The van der Waals surface area contributed by atoms with Crippen LogP contribution in [-0.4, -0.2) is 36.1 Å². The van der Waals surface area contributed by atoms with Gasteiger partial charge in [-0.2, -0.15) is 10.5 Å². The van der Waals surface area contributed by atoms with Crippen molar-refractivity contribution in [3.05, 3.63) is 46.0 Å². The molecule has 1 aliphatic heterocycles. The number of pyridine rings is 2. The predicted octanol–water partition coefficient (Wildman–Crippen LogP) is 3.17. The van der Waals surface area contributed by atoms with Crippen molar-refractivity contribution in [2.75, 3.05) is 36.0 Å². The second-order valence-corrected chi connectivity index (χ2v) is 7.04. The summed E-state index contributed by atoms with van der Waals surface area (Å²) in [5.41, 5.74) is 6.65. The van der Waals surface area contributed by atoms with Crippen molar-refractivity contribution in [2.45, 2.75) is 34.1 Å². The van der Waals surface area contributed by atoms with Crippen LogP contribution < -0.4 is 9.80 Å². The highest BCUT2D eigenvalue weighted by molar-refractivity contribution is 5.64. The van der Waals surface area contributed by atoms with E-state index in [1.165, 1.54) is 0 Å². The van der Waals surface area contributed by atoms with Crippen LogP contribution in [0.5, 0.6) is 0 Å². The van der Waals surface area contributed by atoms with Gasteiger partial charge >= 0.3 is 0 Å². The Bertz CT molecular complexity index is 873. The molecule has 27 heavy (non-hydrogen) atoms. The van der Waals surface area contributed by atoms with Crippen molar-refractivity contribution >= 4 is 11.4 Å². The number of nitrogens with zero attached hydrogens (tertiary/aromatic N) is 6. The first-order valence-corrected chi connectivity index (χ1v) is 9.21. The van der Waals surface area contributed by atoms with Gasteiger partial charge in [-0.3, -0.25) is 9.97 Å². The second kappa shape index (κ2) is 7.63. The predicted molar refractivity (Wildman–Crippen MR) is 106 cm³/mol. The van der Waals surface area contributed by atoms with E-state index < -0.39 is 0 Å². The van der Waals surface area contributed by atoms with E-state index >= 15 is 0 Å². The maximum absolute atomic E-state index is 9.58. The van der Waals surface area contributed by atoms with Crippen LogP contribution in [0.1, 0.15) is 40.3 Å². The van der Waals surface area contributed by atoms with Crippen molar-refractivity contribution in [3.8, 4) is 12.1 Å². The first-order valence-electron chi connectivity index (χ1n) is 9.21. The summed E-state index contributed by atoms with van der Waals surface area (Å²) in [6.07, 6.45) is 0.955. The molecule has 1 aliphatic rings. The van der Waals surface area contributed by atoms with Crippen molar-refractivity contribution < 1.29 is 0 Å². The lowest BCUT2D eigenvalue weighted by Crippen LogP contribution is -2.32. The highest BCUT2D eigenvalue weighted by Gasteiger charge is 2.22. The molecule has 2 aromatic heterocycles. The van der Waals surface area contributed by atoms with Crippen LogP contribution in [0.25, 0.3) is 0 Å². The zero-order chi connectivity index (χ0) is 19.6. The molecule has 0 spiro atoms. The largest absolute Gasteiger partial charge is 0.369 e. The average molecular weight is 360 g/mol. The van der Waals surface area contributed by atoms with E-state index in [1.807, 2.05) is 39.8 Å². The number of hydrogen-bond donors (Lipinski definition) is 0. The number of anilines is 2. The van der Waals surface area contributed by atoms with Gasteiger partial charge in [0.1, 0.15) is 12.1 Å². The Morgan fingerprint density at radius 3 is 1.52 bits per heavy atom. The first kappa shape index (κ1) is 18.7. The maximum Gasteiger partial charge on any atom is 0.103 e. The van der Waals surface area contributed by atoms with Gasteiger partial charge < -0.3 is 9.80 Å². The molecule has 3 rings (SSSR count). The van der Waals surface area contributed by atoms with Crippen molar-refractivity contribution in [1.82, 2.24) is 9.97 Å². The molecule has 0 aromatic carbocycles. The summed E-state index contributed by atoms with van der Waals surface area (Å²) in [6, 6.07) is 8.64. The van der Waals surface area contributed by atoms with Crippen LogP contribution in [0.4, 0.5) is 11.4 Å². The molecule has 0 radical (unpaired) electrons. The fourth-order valence-corrected chi connectivity index (χ4v) is 3.79. The standard InChI is InChI=1S/C21H24N6/c1-14-10-20(18(12-22)16(3)24-14)26-6-5-7-27(9-8-26)21-11-15(2)25-17(4)19(21)13-23/h10-11H,5-9H2,1-4H3. The third-order valence-electron chi connectivity index (χ3n) is 5.02. The maximum atomic E-state index is 9.58. The SMILES string of the molecule is Cc1cc(N2CCCN(c3cc(C)nc(C)c3C#N)CC2)c(C#N)c(C)n1. The minimum Gasteiger partial charge on any atom is -0.369 e. The van der Waals surface area contributed by atoms with Crippen molar-refractivity contribution in [1.29, 1.82) is 10.5 Å². The summed E-state index contributed by atoms with van der Waals surface area (Å²) in [5, 5.41) is 19.2. The topological polar surface area (TPSA) is 79.8 Å². The van der Waals surface area contributed by atoms with Gasteiger partial charge in [-0.15, -0.1) is 0 Å². The Kier molecular flexibility index (Phi) is 5.28. The molecule has 138 valence electrons. The molecule has 0 aliphatic carbocycles. The Morgan fingerprint density at radius 1 is 0.741 bits per heavy atom. The highest BCUT2D eigenvalue weighted by atomic mass is 15.2. The molecule has 0 atom stereocenters. The summed E-state index contributed by atoms with van der Waals surface area (Å²) in [4.78, 5) is 13.4.